The summed E-state index contributed by atoms with van der Waals surface area (Å²) in [6.45, 7) is 5.62. The third-order valence-electron chi connectivity index (χ3n) is 1.38. The summed E-state index contributed by atoms with van der Waals surface area (Å²) in [6, 6.07) is 0. The lowest BCUT2D eigenvalue weighted by Gasteiger charge is -1.93. The maximum absolute atomic E-state index is 7.37. The lowest BCUT2D eigenvalue weighted by Crippen LogP contribution is -1.89. The Morgan fingerprint density at radius 2 is 2.00 bits per heavy atom. The fraction of sp³-hybridized carbons (Fsp3) is 0.273. The first-order valence-electron chi connectivity index (χ1n) is 3.98. The number of hydrogen-bond acceptors (Lipinski definition) is 1. The zero-order valence-electron chi connectivity index (χ0n) is 7.89. The van der Waals surface area contributed by atoms with Gasteiger partial charge in [-0.3, -0.25) is 0 Å². The maximum atomic E-state index is 7.37. The highest BCUT2D eigenvalue weighted by molar-refractivity contribution is 5.98. The average molecular weight is 161 g/mol. The van der Waals surface area contributed by atoms with Crippen LogP contribution in [-0.4, -0.2) is 5.71 Å². The minimum atomic E-state index is 0.586. The second kappa shape index (κ2) is 6.38. The minimum absolute atomic E-state index is 0.586. The summed E-state index contributed by atoms with van der Waals surface area (Å²) < 4.78 is 0. The quantitative estimate of drug-likeness (QED) is 0.373. The van der Waals surface area contributed by atoms with Crippen LogP contribution >= 0.6 is 0 Å². The SMILES string of the molecule is CC=C=C/C=C\C(=C/C)C(C)=N. The fourth-order valence-electron chi connectivity index (χ4n) is 0.741. The van der Waals surface area contributed by atoms with E-state index in [0.29, 0.717) is 5.71 Å². The Morgan fingerprint density at radius 1 is 1.33 bits per heavy atom. The Kier molecular flexibility index (Phi) is 5.68. The number of nitrogens with one attached hydrogen (secondary N) is 1. The van der Waals surface area contributed by atoms with Crippen molar-refractivity contribution in [3.8, 4) is 0 Å². The Labute approximate surface area is 74.3 Å². The zero-order chi connectivity index (χ0) is 9.40. The van der Waals surface area contributed by atoms with Gasteiger partial charge in [0.1, 0.15) is 0 Å². The predicted molar refractivity (Wildman–Crippen MR) is 54.6 cm³/mol. The molecule has 0 aliphatic heterocycles. The van der Waals surface area contributed by atoms with Crippen LogP contribution in [0.15, 0.2) is 41.7 Å². The second-order valence-electron chi connectivity index (χ2n) is 2.35. The molecular weight excluding hydrogens is 146 g/mol. The normalized spacial score (nSPS) is 11.1. The van der Waals surface area contributed by atoms with E-state index in [9.17, 15) is 0 Å². The van der Waals surface area contributed by atoms with Gasteiger partial charge in [0.15, 0.2) is 0 Å². The highest BCUT2D eigenvalue weighted by atomic mass is 14.4. The van der Waals surface area contributed by atoms with Crippen molar-refractivity contribution < 1.29 is 0 Å². The van der Waals surface area contributed by atoms with Gasteiger partial charge in [-0.15, -0.1) is 5.73 Å². The molecule has 0 rings (SSSR count). The minimum Gasteiger partial charge on any atom is -0.305 e. The van der Waals surface area contributed by atoms with Gasteiger partial charge in [-0.2, -0.15) is 0 Å². The molecule has 0 unspecified atom stereocenters. The lowest BCUT2D eigenvalue weighted by atomic mass is 10.1. The Morgan fingerprint density at radius 3 is 2.42 bits per heavy atom. The van der Waals surface area contributed by atoms with Crippen LogP contribution in [0, 0.1) is 5.41 Å². The Hall–Kier alpha value is -1.33. The van der Waals surface area contributed by atoms with Crippen LogP contribution < -0.4 is 0 Å². The predicted octanol–water partition coefficient (Wildman–Crippen LogP) is 3.26. The van der Waals surface area contributed by atoms with E-state index < -0.39 is 0 Å². The second-order valence-corrected chi connectivity index (χ2v) is 2.35. The highest BCUT2D eigenvalue weighted by Crippen LogP contribution is 1.98. The topological polar surface area (TPSA) is 23.9 Å². The van der Waals surface area contributed by atoms with Crippen LogP contribution in [0.2, 0.25) is 0 Å². The van der Waals surface area contributed by atoms with Gasteiger partial charge in [0.2, 0.25) is 0 Å². The molecule has 0 amide bonds. The van der Waals surface area contributed by atoms with Crippen LogP contribution in [0.5, 0.6) is 0 Å². The van der Waals surface area contributed by atoms with Gasteiger partial charge in [0, 0.05) is 5.71 Å². The van der Waals surface area contributed by atoms with Gasteiger partial charge in [-0.1, -0.05) is 18.2 Å². The van der Waals surface area contributed by atoms with Crippen molar-refractivity contribution in [2.24, 2.45) is 0 Å². The molecule has 1 heteroatoms. The van der Waals surface area contributed by atoms with Crippen molar-refractivity contribution in [2.45, 2.75) is 20.8 Å². The Balaban J connectivity index is 4.33. The third kappa shape index (κ3) is 4.48. The summed E-state index contributed by atoms with van der Waals surface area (Å²) in [5.41, 5.74) is 4.47. The molecule has 0 radical (unpaired) electrons. The van der Waals surface area contributed by atoms with Crippen LogP contribution in [0.1, 0.15) is 20.8 Å². The molecule has 0 aromatic heterocycles. The van der Waals surface area contributed by atoms with E-state index in [4.69, 9.17) is 5.41 Å². The van der Waals surface area contributed by atoms with Crippen LogP contribution in [0.3, 0.4) is 0 Å². The molecule has 12 heavy (non-hydrogen) atoms. The third-order valence-corrected chi connectivity index (χ3v) is 1.38. The van der Waals surface area contributed by atoms with Crippen LogP contribution in [0.25, 0.3) is 0 Å². The van der Waals surface area contributed by atoms with E-state index in [1.165, 1.54) is 0 Å². The van der Waals surface area contributed by atoms with Crippen molar-refractivity contribution in [3.63, 3.8) is 0 Å². The van der Waals surface area contributed by atoms with Gasteiger partial charge in [-0.05, 0) is 38.5 Å². The van der Waals surface area contributed by atoms with Gasteiger partial charge in [0.25, 0.3) is 0 Å². The summed E-state index contributed by atoms with van der Waals surface area (Å²) in [5.74, 6) is 0. The first kappa shape index (κ1) is 10.7. The molecule has 0 aromatic rings. The van der Waals surface area contributed by atoms with Crippen molar-refractivity contribution in [1.29, 1.82) is 5.41 Å². The van der Waals surface area contributed by atoms with Gasteiger partial charge >= 0.3 is 0 Å². The summed E-state index contributed by atoms with van der Waals surface area (Å²) in [7, 11) is 0. The number of hydrogen-bond donors (Lipinski definition) is 1. The van der Waals surface area contributed by atoms with Crippen molar-refractivity contribution in [3.05, 3.63) is 41.7 Å². The molecule has 0 spiro atoms. The highest BCUT2D eigenvalue weighted by Gasteiger charge is 1.89. The van der Waals surface area contributed by atoms with Gasteiger partial charge in [-0.25, -0.2) is 0 Å². The first-order chi connectivity index (χ1) is 5.72. The van der Waals surface area contributed by atoms with Crippen molar-refractivity contribution >= 4 is 5.71 Å². The van der Waals surface area contributed by atoms with E-state index >= 15 is 0 Å². The first-order valence-corrected chi connectivity index (χ1v) is 3.98. The van der Waals surface area contributed by atoms with Gasteiger partial charge in [0.05, 0.1) is 0 Å². The van der Waals surface area contributed by atoms with E-state index in [-0.39, 0.29) is 0 Å². The summed E-state index contributed by atoms with van der Waals surface area (Å²) >= 11 is 0. The summed E-state index contributed by atoms with van der Waals surface area (Å²) in [4.78, 5) is 0. The summed E-state index contributed by atoms with van der Waals surface area (Å²) in [5, 5.41) is 7.37. The molecule has 0 aromatic carbocycles. The molecule has 1 nitrogen and oxygen atoms in total. The molecule has 0 saturated carbocycles. The average Bonchev–Trinajstić information content (AvgIpc) is 2.04. The van der Waals surface area contributed by atoms with E-state index in [2.05, 4.69) is 5.73 Å². The molecule has 0 atom stereocenters. The summed E-state index contributed by atoms with van der Waals surface area (Å²) in [6.07, 6.45) is 9.37. The van der Waals surface area contributed by atoms with Crippen molar-refractivity contribution in [2.75, 3.05) is 0 Å². The molecule has 0 aliphatic rings. The monoisotopic (exact) mass is 161 g/mol. The molecule has 64 valence electrons. The Bertz CT molecular complexity index is 261. The molecule has 0 saturated heterocycles. The molecule has 1 N–H and O–H groups in total. The zero-order valence-corrected chi connectivity index (χ0v) is 7.89. The van der Waals surface area contributed by atoms with Crippen LogP contribution in [0.4, 0.5) is 0 Å². The number of allylic oxidation sites excluding steroid dienone is 5. The molecule has 0 aliphatic carbocycles. The van der Waals surface area contributed by atoms with E-state index in [1.807, 2.05) is 44.2 Å². The maximum Gasteiger partial charge on any atom is 0.0351 e. The van der Waals surface area contributed by atoms with Crippen molar-refractivity contribution in [1.82, 2.24) is 0 Å². The molecule has 0 bridgehead atoms. The van der Waals surface area contributed by atoms with E-state index in [1.54, 1.807) is 6.92 Å². The smallest absolute Gasteiger partial charge is 0.0351 e. The fourth-order valence-corrected chi connectivity index (χ4v) is 0.741. The lowest BCUT2D eigenvalue weighted by molar-refractivity contribution is 1.45. The van der Waals surface area contributed by atoms with E-state index in [0.717, 1.165) is 5.57 Å². The molecular formula is C11H15N. The molecule has 0 fully saturated rings. The standard InChI is InChI=1S/C11H15N/c1-4-6-7-8-9-11(5-2)10(3)12/h4-5,7-9,12H,1-3H3/b9-8-,11-5+,12-10?. The molecule has 0 heterocycles. The van der Waals surface area contributed by atoms with Gasteiger partial charge < -0.3 is 5.41 Å². The largest absolute Gasteiger partial charge is 0.305 e. The number of rotatable bonds is 3. The van der Waals surface area contributed by atoms with Crippen LogP contribution in [-0.2, 0) is 0 Å².